The molecule has 0 bridgehead atoms. The summed E-state index contributed by atoms with van der Waals surface area (Å²) < 4.78 is 6.85. The molecule has 0 radical (unpaired) electrons. The number of hydrogen-bond acceptors (Lipinski definition) is 6. The van der Waals surface area contributed by atoms with Gasteiger partial charge in [0, 0.05) is 31.6 Å². The van der Waals surface area contributed by atoms with E-state index < -0.39 is 0 Å². The molecule has 0 spiro atoms. The quantitative estimate of drug-likeness (QED) is 0.764. The van der Waals surface area contributed by atoms with Crippen molar-refractivity contribution < 1.29 is 14.3 Å². The van der Waals surface area contributed by atoms with Gasteiger partial charge in [-0.1, -0.05) is 0 Å². The van der Waals surface area contributed by atoms with Gasteiger partial charge in [0.15, 0.2) is 0 Å². The zero-order valence-electron chi connectivity index (χ0n) is 15.5. The van der Waals surface area contributed by atoms with E-state index in [0.29, 0.717) is 30.6 Å². The third-order valence-corrected chi connectivity index (χ3v) is 4.92. The molecule has 0 atom stereocenters. The monoisotopic (exact) mass is 370 g/mol. The predicted molar refractivity (Wildman–Crippen MR) is 94.7 cm³/mol. The van der Waals surface area contributed by atoms with Crippen molar-refractivity contribution in [3.63, 3.8) is 0 Å². The van der Waals surface area contributed by atoms with E-state index in [1.807, 2.05) is 17.8 Å². The molecule has 27 heavy (non-hydrogen) atoms. The van der Waals surface area contributed by atoms with Crippen LogP contribution in [-0.2, 0) is 24.9 Å². The zero-order valence-corrected chi connectivity index (χ0v) is 15.5. The average Bonchev–Trinajstić information content (AvgIpc) is 3.44. The van der Waals surface area contributed by atoms with E-state index in [0.717, 1.165) is 5.69 Å². The number of aromatic nitrogens is 4. The van der Waals surface area contributed by atoms with E-state index in [1.165, 1.54) is 36.7 Å². The minimum absolute atomic E-state index is 0.171. The van der Waals surface area contributed by atoms with Crippen LogP contribution in [0, 0.1) is 0 Å². The SMILES string of the molecule is COc1cnc(CN2CCC(=O)N(Cc3cc(C4CC4)n(C)n3)C2=O)cn1. The van der Waals surface area contributed by atoms with Crippen molar-refractivity contribution in [2.75, 3.05) is 13.7 Å². The average molecular weight is 370 g/mol. The maximum Gasteiger partial charge on any atom is 0.327 e. The zero-order chi connectivity index (χ0) is 19.0. The molecule has 3 heterocycles. The second kappa shape index (κ2) is 6.98. The first-order valence-electron chi connectivity index (χ1n) is 9.02. The number of nitrogens with zero attached hydrogens (tertiary/aromatic N) is 6. The normalized spacial score (nSPS) is 17.6. The van der Waals surface area contributed by atoms with Crippen molar-refractivity contribution in [3.05, 3.63) is 35.5 Å². The van der Waals surface area contributed by atoms with Crippen LogP contribution in [0.4, 0.5) is 4.79 Å². The van der Waals surface area contributed by atoms with Crippen LogP contribution < -0.4 is 4.74 Å². The molecule has 2 aromatic rings. The van der Waals surface area contributed by atoms with Crippen LogP contribution in [0.5, 0.6) is 5.88 Å². The Morgan fingerprint density at radius 1 is 1.15 bits per heavy atom. The molecule has 3 amide bonds. The molecule has 142 valence electrons. The summed E-state index contributed by atoms with van der Waals surface area (Å²) in [7, 11) is 3.43. The Balaban J connectivity index is 1.46. The maximum atomic E-state index is 12.8. The number of amides is 3. The van der Waals surface area contributed by atoms with Crippen LogP contribution in [0.2, 0.25) is 0 Å². The van der Waals surface area contributed by atoms with Crippen molar-refractivity contribution in [3.8, 4) is 5.88 Å². The molecule has 9 heteroatoms. The number of ether oxygens (including phenoxy) is 1. The number of carbonyl (C=O) groups is 2. The molecule has 2 aliphatic rings. The molecule has 0 N–H and O–H groups in total. The number of imide groups is 1. The highest BCUT2D eigenvalue weighted by Gasteiger charge is 2.34. The number of rotatable bonds is 6. The van der Waals surface area contributed by atoms with E-state index in [2.05, 4.69) is 15.1 Å². The van der Waals surface area contributed by atoms with Crippen LogP contribution in [0.1, 0.15) is 42.3 Å². The maximum absolute atomic E-state index is 12.8. The Bertz CT molecular complexity index is 858. The predicted octanol–water partition coefficient (Wildman–Crippen LogP) is 1.45. The summed E-state index contributed by atoms with van der Waals surface area (Å²) in [6.45, 7) is 0.871. The smallest absolute Gasteiger partial charge is 0.327 e. The van der Waals surface area contributed by atoms with Gasteiger partial charge in [-0.25, -0.2) is 9.78 Å². The fourth-order valence-corrected chi connectivity index (χ4v) is 3.31. The highest BCUT2D eigenvalue weighted by Crippen LogP contribution is 2.40. The van der Waals surface area contributed by atoms with Gasteiger partial charge in [0.25, 0.3) is 0 Å². The van der Waals surface area contributed by atoms with E-state index in [-0.39, 0.29) is 24.9 Å². The van der Waals surface area contributed by atoms with Crippen LogP contribution >= 0.6 is 0 Å². The summed E-state index contributed by atoms with van der Waals surface area (Å²) in [6.07, 6.45) is 5.74. The van der Waals surface area contributed by atoms with Gasteiger partial charge in [0.2, 0.25) is 11.8 Å². The van der Waals surface area contributed by atoms with Gasteiger partial charge in [-0.15, -0.1) is 0 Å². The summed E-state index contributed by atoms with van der Waals surface area (Å²) >= 11 is 0. The van der Waals surface area contributed by atoms with E-state index in [1.54, 1.807) is 11.1 Å². The molecule has 2 fully saturated rings. The van der Waals surface area contributed by atoms with Gasteiger partial charge in [-0.2, -0.15) is 5.10 Å². The first-order chi connectivity index (χ1) is 13.0. The first kappa shape index (κ1) is 17.4. The lowest BCUT2D eigenvalue weighted by Gasteiger charge is -2.33. The number of methoxy groups -OCH3 is 1. The van der Waals surface area contributed by atoms with Crippen molar-refractivity contribution in [2.24, 2.45) is 7.05 Å². The fraction of sp³-hybridized carbons (Fsp3) is 0.500. The van der Waals surface area contributed by atoms with E-state index in [9.17, 15) is 9.59 Å². The van der Waals surface area contributed by atoms with Crippen molar-refractivity contribution in [1.29, 1.82) is 0 Å². The molecule has 2 aromatic heterocycles. The molecule has 1 aliphatic heterocycles. The molecule has 1 saturated carbocycles. The van der Waals surface area contributed by atoms with E-state index >= 15 is 0 Å². The van der Waals surface area contributed by atoms with Gasteiger partial charge in [-0.05, 0) is 18.9 Å². The van der Waals surface area contributed by atoms with Crippen LogP contribution in [0.15, 0.2) is 18.5 Å². The molecule has 0 unspecified atom stereocenters. The summed E-state index contributed by atoms with van der Waals surface area (Å²) in [5.41, 5.74) is 2.56. The van der Waals surface area contributed by atoms with Crippen molar-refractivity contribution in [2.45, 2.75) is 38.3 Å². The number of carbonyl (C=O) groups excluding carboxylic acids is 2. The summed E-state index contributed by atoms with van der Waals surface area (Å²) in [6, 6.07) is 1.69. The minimum atomic E-state index is -0.317. The van der Waals surface area contributed by atoms with Crippen molar-refractivity contribution in [1.82, 2.24) is 29.5 Å². The summed E-state index contributed by atoms with van der Waals surface area (Å²) in [5, 5.41) is 4.48. The second-order valence-corrected chi connectivity index (χ2v) is 6.94. The first-order valence-corrected chi connectivity index (χ1v) is 9.02. The molecule has 9 nitrogen and oxygen atoms in total. The summed E-state index contributed by atoms with van der Waals surface area (Å²) in [5.74, 6) is 0.812. The number of urea groups is 1. The molecule has 4 rings (SSSR count). The Morgan fingerprint density at radius 2 is 1.96 bits per heavy atom. The van der Waals surface area contributed by atoms with Gasteiger partial charge in [-0.3, -0.25) is 19.4 Å². The van der Waals surface area contributed by atoms with Crippen LogP contribution in [0.3, 0.4) is 0 Å². The van der Waals surface area contributed by atoms with Gasteiger partial charge in [0.05, 0.1) is 44.0 Å². The minimum Gasteiger partial charge on any atom is -0.480 e. The van der Waals surface area contributed by atoms with Crippen LogP contribution in [-0.4, -0.2) is 55.1 Å². The topological polar surface area (TPSA) is 93.5 Å². The van der Waals surface area contributed by atoms with Crippen molar-refractivity contribution >= 4 is 11.9 Å². The Labute approximate surface area is 156 Å². The highest BCUT2D eigenvalue weighted by molar-refractivity contribution is 5.96. The lowest BCUT2D eigenvalue weighted by Crippen LogP contribution is -2.51. The lowest BCUT2D eigenvalue weighted by molar-refractivity contribution is -0.131. The summed E-state index contributed by atoms with van der Waals surface area (Å²) in [4.78, 5) is 36.4. The van der Waals surface area contributed by atoms with Gasteiger partial charge >= 0.3 is 6.03 Å². The highest BCUT2D eigenvalue weighted by atomic mass is 16.5. The van der Waals surface area contributed by atoms with Gasteiger partial charge < -0.3 is 9.64 Å². The van der Waals surface area contributed by atoms with Crippen LogP contribution in [0.25, 0.3) is 0 Å². The fourth-order valence-electron chi connectivity index (χ4n) is 3.31. The standard InChI is InChI=1S/C18H22N6O3/c1-22-15(12-3-4-12)7-13(21-22)11-24-17(25)5-6-23(18(24)26)10-14-8-20-16(27-2)9-19-14/h7-9,12H,3-6,10-11H2,1-2H3. The molecule has 1 saturated heterocycles. The Morgan fingerprint density at radius 3 is 2.63 bits per heavy atom. The van der Waals surface area contributed by atoms with E-state index in [4.69, 9.17) is 4.74 Å². The third kappa shape index (κ3) is 3.62. The molecule has 1 aliphatic carbocycles. The molecular formula is C18H22N6O3. The molecular weight excluding hydrogens is 348 g/mol. The Hall–Kier alpha value is -2.97. The molecule has 0 aromatic carbocycles. The third-order valence-electron chi connectivity index (χ3n) is 4.92. The number of aryl methyl sites for hydroxylation is 1. The number of hydrogen-bond donors (Lipinski definition) is 0. The lowest BCUT2D eigenvalue weighted by atomic mass is 10.2. The second-order valence-electron chi connectivity index (χ2n) is 6.94. The largest absolute Gasteiger partial charge is 0.480 e. The Kier molecular flexibility index (Phi) is 4.51. The van der Waals surface area contributed by atoms with Gasteiger partial charge in [0.1, 0.15) is 0 Å².